The highest BCUT2D eigenvalue weighted by atomic mass is 16.5. The topological polar surface area (TPSA) is 26.3 Å². The number of ether oxygens (including phenoxy) is 1. The summed E-state index contributed by atoms with van der Waals surface area (Å²) in [6.45, 7) is 0. The highest BCUT2D eigenvalue weighted by molar-refractivity contribution is 5.69. The highest BCUT2D eigenvalue weighted by Gasteiger charge is 2.00. The van der Waals surface area contributed by atoms with Gasteiger partial charge in [0.2, 0.25) is 0 Å². The van der Waals surface area contributed by atoms with Crippen molar-refractivity contribution in [1.82, 2.24) is 0 Å². The Hall–Kier alpha value is -2.53. The van der Waals surface area contributed by atoms with E-state index in [0.717, 1.165) is 24.0 Å². The van der Waals surface area contributed by atoms with Crippen LogP contribution in [0.25, 0.3) is 0 Å². The number of carbonyl (C=O) groups is 1. The molecule has 106 valence electrons. The molecule has 21 heavy (non-hydrogen) atoms. The van der Waals surface area contributed by atoms with Gasteiger partial charge in [0.25, 0.3) is 0 Å². The summed E-state index contributed by atoms with van der Waals surface area (Å²) in [5.74, 6) is 6.13. The van der Waals surface area contributed by atoms with Crippen molar-refractivity contribution >= 4 is 5.97 Å². The van der Waals surface area contributed by atoms with Crippen molar-refractivity contribution in [3.05, 3.63) is 71.3 Å². The first-order chi connectivity index (χ1) is 10.3. The first-order valence-corrected chi connectivity index (χ1v) is 7.01. The fraction of sp³-hybridized carbons (Fsp3) is 0.211. The van der Waals surface area contributed by atoms with Gasteiger partial charge in [-0.15, -0.1) is 0 Å². The van der Waals surface area contributed by atoms with Crippen molar-refractivity contribution in [1.29, 1.82) is 0 Å². The van der Waals surface area contributed by atoms with E-state index in [1.54, 1.807) is 0 Å². The maximum Gasteiger partial charge on any atom is 0.305 e. The minimum Gasteiger partial charge on any atom is -0.469 e. The second-order valence-corrected chi connectivity index (χ2v) is 4.74. The zero-order valence-electron chi connectivity index (χ0n) is 12.1. The Labute approximate surface area is 125 Å². The fourth-order valence-electron chi connectivity index (χ4n) is 1.96. The fourth-order valence-corrected chi connectivity index (χ4v) is 1.96. The molecule has 0 aromatic heterocycles. The summed E-state index contributed by atoms with van der Waals surface area (Å²) < 4.78 is 4.62. The zero-order chi connectivity index (χ0) is 14.9. The predicted molar refractivity (Wildman–Crippen MR) is 83.8 cm³/mol. The lowest BCUT2D eigenvalue weighted by Gasteiger charge is -2.01. The lowest BCUT2D eigenvalue weighted by Crippen LogP contribution is -2.00. The van der Waals surface area contributed by atoms with Crippen LogP contribution in [0.5, 0.6) is 0 Å². The molecule has 2 heteroatoms. The van der Waals surface area contributed by atoms with E-state index < -0.39 is 0 Å². The normalized spacial score (nSPS) is 9.57. The maximum atomic E-state index is 11.0. The van der Waals surface area contributed by atoms with Gasteiger partial charge >= 0.3 is 5.97 Å². The third kappa shape index (κ3) is 5.16. The quantitative estimate of drug-likeness (QED) is 0.631. The predicted octanol–water partition coefficient (Wildman–Crippen LogP) is 3.58. The Morgan fingerprint density at radius 2 is 1.57 bits per heavy atom. The molecule has 2 nitrogen and oxygen atoms in total. The summed E-state index contributed by atoms with van der Waals surface area (Å²) in [4.78, 5) is 11.0. The molecule has 2 aromatic carbocycles. The lowest BCUT2D eigenvalue weighted by atomic mass is 10.1. The molecule has 0 aliphatic rings. The number of esters is 1. The van der Waals surface area contributed by atoms with Crippen molar-refractivity contribution in [3.8, 4) is 11.8 Å². The molecule has 0 atom stereocenters. The Morgan fingerprint density at radius 1 is 0.952 bits per heavy atom. The van der Waals surface area contributed by atoms with E-state index in [1.807, 2.05) is 42.5 Å². The van der Waals surface area contributed by atoms with Gasteiger partial charge in [0.05, 0.1) is 7.11 Å². The van der Waals surface area contributed by atoms with Gasteiger partial charge in [0.1, 0.15) is 0 Å². The van der Waals surface area contributed by atoms with Crippen LogP contribution in [0.4, 0.5) is 0 Å². The van der Waals surface area contributed by atoms with Crippen LogP contribution >= 0.6 is 0 Å². The summed E-state index contributed by atoms with van der Waals surface area (Å²) in [6.07, 6.45) is 2.15. The van der Waals surface area contributed by atoms with Gasteiger partial charge < -0.3 is 4.74 Å². The molecule has 0 unspecified atom stereocenters. The third-order valence-electron chi connectivity index (χ3n) is 3.15. The Morgan fingerprint density at radius 3 is 2.19 bits per heavy atom. The summed E-state index contributed by atoms with van der Waals surface area (Å²) in [7, 11) is 1.42. The maximum absolute atomic E-state index is 11.0. The Bertz CT molecular complexity index is 631. The number of aryl methyl sites for hydroxylation is 1. The van der Waals surface area contributed by atoms with Crippen LogP contribution in [0.2, 0.25) is 0 Å². The van der Waals surface area contributed by atoms with Crippen molar-refractivity contribution in [2.24, 2.45) is 0 Å². The average Bonchev–Trinajstić information content (AvgIpc) is 2.55. The van der Waals surface area contributed by atoms with Crippen LogP contribution in [-0.2, 0) is 16.0 Å². The minimum absolute atomic E-state index is 0.152. The molecule has 0 saturated carbocycles. The van der Waals surface area contributed by atoms with Crippen LogP contribution in [0, 0.1) is 11.8 Å². The average molecular weight is 278 g/mol. The first kappa shape index (κ1) is 14.9. The number of rotatable bonds is 4. The Kier molecular flexibility index (Phi) is 5.60. The van der Waals surface area contributed by atoms with E-state index in [0.29, 0.717) is 6.42 Å². The monoisotopic (exact) mass is 278 g/mol. The van der Waals surface area contributed by atoms with Gasteiger partial charge in [-0.1, -0.05) is 42.2 Å². The van der Waals surface area contributed by atoms with Crippen molar-refractivity contribution in [3.63, 3.8) is 0 Å². The highest BCUT2D eigenvalue weighted by Crippen LogP contribution is 2.08. The van der Waals surface area contributed by atoms with E-state index >= 15 is 0 Å². The molecular formula is C19H18O2. The van der Waals surface area contributed by atoms with Crippen LogP contribution < -0.4 is 0 Å². The number of hydrogen-bond acceptors (Lipinski definition) is 2. The second-order valence-electron chi connectivity index (χ2n) is 4.74. The van der Waals surface area contributed by atoms with Gasteiger partial charge in [0, 0.05) is 17.5 Å². The van der Waals surface area contributed by atoms with E-state index in [2.05, 4.69) is 28.7 Å². The summed E-state index contributed by atoms with van der Waals surface area (Å²) in [5.41, 5.74) is 3.22. The smallest absolute Gasteiger partial charge is 0.305 e. The molecule has 0 saturated heterocycles. The summed E-state index contributed by atoms with van der Waals surface area (Å²) >= 11 is 0. The molecule has 0 heterocycles. The summed E-state index contributed by atoms with van der Waals surface area (Å²) in [6, 6.07) is 18.1. The second kappa shape index (κ2) is 7.91. The van der Waals surface area contributed by atoms with E-state index in [4.69, 9.17) is 0 Å². The van der Waals surface area contributed by atoms with E-state index in [1.165, 1.54) is 12.7 Å². The van der Waals surface area contributed by atoms with Gasteiger partial charge in [-0.25, -0.2) is 0 Å². The molecule has 2 aromatic rings. The standard InChI is InChI=1S/C19H18O2/c1-21-19(20)9-5-8-17-11-14-18(15-12-17)13-10-16-6-3-2-4-7-16/h2-4,6-7,11-12,14-15H,5,8-9H2,1H3. The summed E-state index contributed by atoms with van der Waals surface area (Å²) in [5, 5.41) is 0. The van der Waals surface area contributed by atoms with Crippen LogP contribution in [-0.4, -0.2) is 13.1 Å². The van der Waals surface area contributed by atoms with E-state index in [9.17, 15) is 4.79 Å². The van der Waals surface area contributed by atoms with Gasteiger partial charge in [0.15, 0.2) is 0 Å². The van der Waals surface area contributed by atoms with Crippen LogP contribution in [0.15, 0.2) is 54.6 Å². The molecule has 0 aliphatic carbocycles. The van der Waals surface area contributed by atoms with Crippen molar-refractivity contribution in [2.75, 3.05) is 7.11 Å². The number of hydrogen-bond donors (Lipinski definition) is 0. The van der Waals surface area contributed by atoms with E-state index in [-0.39, 0.29) is 5.97 Å². The number of methoxy groups -OCH3 is 1. The molecule has 0 spiro atoms. The molecule has 0 radical (unpaired) electrons. The van der Waals surface area contributed by atoms with Crippen molar-refractivity contribution in [2.45, 2.75) is 19.3 Å². The molecular weight excluding hydrogens is 260 g/mol. The molecule has 0 aliphatic heterocycles. The third-order valence-corrected chi connectivity index (χ3v) is 3.15. The molecule has 0 N–H and O–H groups in total. The van der Waals surface area contributed by atoms with Crippen LogP contribution in [0.3, 0.4) is 0 Å². The lowest BCUT2D eigenvalue weighted by molar-refractivity contribution is -0.140. The number of benzene rings is 2. The molecule has 0 fully saturated rings. The number of carbonyl (C=O) groups excluding carboxylic acids is 1. The van der Waals surface area contributed by atoms with Gasteiger partial charge in [-0.2, -0.15) is 0 Å². The van der Waals surface area contributed by atoms with Gasteiger partial charge in [-0.3, -0.25) is 4.79 Å². The zero-order valence-corrected chi connectivity index (χ0v) is 12.1. The SMILES string of the molecule is COC(=O)CCCc1ccc(C#Cc2ccccc2)cc1. The van der Waals surface area contributed by atoms with Gasteiger partial charge in [-0.05, 0) is 42.7 Å². The molecule has 0 amide bonds. The first-order valence-electron chi connectivity index (χ1n) is 7.01. The Balaban J connectivity index is 1.90. The van der Waals surface area contributed by atoms with Crippen molar-refractivity contribution < 1.29 is 9.53 Å². The molecule has 0 bridgehead atoms. The minimum atomic E-state index is -0.152. The van der Waals surface area contributed by atoms with Crippen LogP contribution in [0.1, 0.15) is 29.5 Å². The molecule has 2 rings (SSSR count). The largest absolute Gasteiger partial charge is 0.469 e.